The second-order valence-corrected chi connectivity index (χ2v) is 9.78. The van der Waals surface area contributed by atoms with Crippen LogP contribution in [0.15, 0.2) is 88.9 Å². The van der Waals surface area contributed by atoms with Gasteiger partial charge in [0, 0.05) is 17.1 Å². The Balaban J connectivity index is 1.76. The number of rotatable bonds is 9. The van der Waals surface area contributed by atoms with Crippen LogP contribution < -0.4 is 5.43 Å². The maximum atomic E-state index is 13.2. The van der Waals surface area contributed by atoms with E-state index in [1.54, 1.807) is 0 Å². The van der Waals surface area contributed by atoms with E-state index in [0.29, 0.717) is 11.4 Å². The smallest absolute Gasteiger partial charge is 0.272 e. The van der Waals surface area contributed by atoms with Crippen LogP contribution in [0.4, 0.5) is 13.2 Å². The summed E-state index contributed by atoms with van der Waals surface area (Å²) in [6.07, 6.45) is -3.39. The van der Waals surface area contributed by atoms with E-state index in [4.69, 9.17) is 11.6 Å². The fourth-order valence-electron chi connectivity index (χ4n) is 3.18. The molecule has 3 aromatic carbocycles. The van der Waals surface area contributed by atoms with Crippen LogP contribution in [0.3, 0.4) is 0 Å². The molecule has 3 rings (SSSR count). The third-order valence-electron chi connectivity index (χ3n) is 4.92. The quantitative estimate of drug-likeness (QED) is 0.325. The highest BCUT2D eigenvalue weighted by molar-refractivity contribution is 7.89. The van der Waals surface area contributed by atoms with Crippen molar-refractivity contribution in [3.05, 3.63) is 101 Å². The second kappa shape index (κ2) is 11.5. The zero-order chi connectivity index (χ0) is 25.5. The third-order valence-corrected chi connectivity index (χ3v) is 7.03. The van der Waals surface area contributed by atoms with Crippen molar-refractivity contribution in [2.75, 3.05) is 13.1 Å². The molecule has 0 bridgehead atoms. The molecule has 0 fully saturated rings. The predicted octanol–water partition coefficient (Wildman–Crippen LogP) is 4.74. The first kappa shape index (κ1) is 26.4. The number of sulfonamides is 1. The molecule has 0 aliphatic rings. The summed E-state index contributed by atoms with van der Waals surface area (Å²) < 4.78 is 66.7. The summed E-state index contributed by atoms with van der Waals surface area (Å²) in [6.45, 7) is -0.598. The van der Waals surface area contributed by atoms with Crippen molar-refractivity contribution in [2.45, 2.75) is 17.5 Å². The number of benzene rings is 3. The van der Waals surface area contributed by atoms with Crippen LogP contribution in [-0.2, 0) is 27.4 Å². The molecule has 184 valence electrons. The number of hydrazone groups is 1. The molecule has 0 atom stereocenters. The van der Waals surface area contributed by atoms with E-state index in [1.165, 1.54) is 42.5 Å². The molecule has 11 heteroatoms. The van der Waals surface area contributed by atoms with Crippen LogP contribution in [0, 0.1) is 0 Å². The highest BCUT2D eigenvalue weighted by atomic mass is 35.5. The Morgan fingerprint density at radius 3 is 2.26 bits per heavy atom. The lowest BCUT2D eigenvalue weighted by molar-refractivity contribution is -0.137. The molecular formula is C24H21ClF3N3O3S. The first-order valence-electron chi connectivity index (χ1n) is 10.3. The lowest BCUT2D eigenvalue weighted by atomic mass is 10.1. The minimum atomic E-state index is -4.59. The maximum Gasteiger partial charge on any atom is 0.417 e. The van der Waals surface area contributed by atoms with Crippen molar-refractivity contribution in [3.8, 4) is 0 Å². The molecule has 0 spiro atoms. The van der Waals surface area contributed by atoms with Crippen LogP contribution in [0.1, 0.15) is 16.7 Å². The molecule has 0 radical (unpaired) electrons. The number of alkyl halides is 3. The highest BCUT2D eigenvalue weighted by Gasteiger charge is 2.32. The summed E-state index contributed by atoms with van der Waals surface area (Å²) in [7, 11) is -4.07. The van der Waals surface area contributed by atoms with Gasteiger partial charge < -0.3 is 0 Å². The van der Waals surface area contributed by atoms with Gasteiger partial charge in [-0.25, -0.2) is 13.8 Å². The predicted molar refractivity (Wildman–Crippen MR) is 128 cm³/mol. The maximum absolute atomic E-state index is 13.2. The fraction of sp³-hybridized carbons (Fsp3) is 0.167. The number of halogens is 4. The van der Waals surface area contributed by atoms with Crippen LogP contribution in [0.25, 0.3) is 0 Å². The van der Waals surface area contributed by atoms with E-state index in [9.17, 15) is 26.4 Å². The Labute approximate surface area is 206 Å². The monoisotopic (exact) mass is 523 g/mol. The molecule has 6 nitrogen and oxygen atoms in total. The van der Waals surface area contributed by atoms with Crippen LogP contribution in [-0.4, -0.2) is 37.9 Å². The molecule has 0 aromatic heterocycles. The Morgan fingerprint density at radius 1 is 0.971 bits per heavy atom. The van der Waals surface area contributed by atoms with Gasteiger partial charge in [-0.05, 0) is 42.3 Å². The van der Waals surface area contributed by atoms with E-state index in [-0.39, 0.29) is 17.0 Å². The fourth-order valence-corrected chi connectivity index (χ4v) is 4.70. The standard InChI is InChI=1S/C24H21ClF3N3O3S/c25-20-10-12-21(13-11-20)35(33,34)31(15-14-18-6-2-1-3-7-18)17-23(32)30-29-16-19-8-4-5-9-22(19)24(26,27)28/h1-13,16H,14-15,17H2,(H,30,32)/b29-16-. The van der Waals surface area contributed by atoms with Crippen molar-refractivity contribution < 1.29 is 26.4 Å². The highest BCUT2D eigenvalue weighted by Crippen LogP contribution is 2.31. The molecular weight excluding hydrogens is 503 g/mol. The number of carbonyl (C=O) groups excluding carboxylic acids is 1. The van der Waals surface area contributed by atoms with Gasteiger partial charge in [-0.15, -0.1) is 0 Å². The third kappa shape index (κ3) is 7.38. The summed E-state index contributed by atoms with van der Waals surface area (Å²) in [5.74, 6) is -0.809. The largest absolute Gasteiger partial charge is 0.417 e. The average molecular weight is 524 g/mol. The van der Waals surface area contributed by atoms with Crippen molar-refractivity contribution in [1.82, 2.24) is 9.73 Å². The van der Waals surface area contributed by atoms with Gasteiger partial charge in [-0.2, -0.15) is 22.6 Å². The van der Waals surface area contributed by atoms with Gasteiger partial charge in [0.05, 0.1) is 23.2 Å². The minimum absolute atomic E-state index is 0.0109. The summed E-state index contributed by atoms with van der Waals surface area (Å²) in [5.41, 5.74) is 1.82. The van der Waals surface area contributed by atoms with Gasteiger partial charge in [-0.3, -0.25) is 4.79 Å². The van der Waals surface area contributed by atoms with E-state index in [2.05, 4.69) is 10.5 Å². The number of amides is 1. The van der Waals surface area contributed by atoms with Crippen LogP contribution in [0.5, 0.6) is 0 Å². The molecule has 0 saturated carbocycles. The zero-order valence-corrected chi connectivity index (χ0v) is 19.8. The van der Waals surface area contributed by atoms with Crippen LogP contribution >= 0.6 is 11.6 Å². The molecule has 3 aromatic rings. The molecule has 0 aliphatic heterocycles. The molecule has 0 saturated heterocycles. The van der Waals surface area contributed by atoms with Gasteiger partial charge >= 0.3 is 6.18 Å². The van der Waals surface area contributed by atoms with Crippen molar-refractivity contribution in [3.63, 3.8) is 0 Å². The number of hydrogen-bond acceptors (Lipinski definition) is 4. The van der Waals surface area contributed by atoms with E-state index >= 15 is 0 Å². The molecule has 35 heavy (non-hydrogen) atoms. The van der Waals surface area contributed by atoms with Crippen molar-refractivity contribution >= 4 is 33.7 Å². The summed E-state index contributed by atoms with van der Waals surface area (Å²) >= 11 is 5.86. The Kier molecular flexibility index (Phi) is 8.66. The summed E-state index contributed by atoms with van der Waals surface area (Å²) in [6, 6.07) is 19.4. The lowest BCUT2D eigenvalue weighted by Crippen LogP contribution is -2.40. The van der Waals surface area contributed by atoms with Gasteiger partial charge in [0.25, 0.3) is 5.91 Å². The lowest BCUT2D eigenvalue weighted by Gasteiger charge is -2.21. The van der Waals surface area contributed by atoms with E-state index in [0.717, 1.165) is 22.1 Å². The molecule has 1 amide bonds. The van der Waals surface area contributed by atoms with Crippen LogP contribution in [0.2, 0.25) is 5.02 Å². The first-order valence-corrected chi connectivity index (χ1v) is 12.2. The molecule has 0 heterocycles. The molecule has 0 aliphatic carbocycles. The van der Waals surface area contributed by atoms with Crippen molar-refractivity contribution in [1.29, 1.82) is 0 Å². The van der Waals surface area contributed by atoms with Crippen molar-refractivity contribution in [2.24, 2.45) is 5.10 Å². The summed E-state index contributed by atoms with van der Waals surface area (Å²) in [4.78, 5) is 12.4. The summed E-state index contributed by atoms with van der Waals surface area (Å²) in [5, 5.41) is 3.94. The van der Waals surface area contributed by atoms with E-state index < -0.39 is 34.2 Å². The SMILES string of the molecule is O=C(CN(CCc1ccccc1)S(=O)(=O)c1ccc(Cl)cc1)N/N=C\c1ccccc1C(F)(F)F. The van der Waals surface area contributed by atoms with Gasteiger partial charge in [0.1, 0.15) is 0 Å². The molecule has 1 N–H and O–H groups in total. The van der Waals surface area contributed by atoms with E-state index in [1.807, 2.05) is 30.3 Å². The normalized spacial score (nSPS) is 12.3. The Hall–Kier alpha value is -3.21. The Morgan fingerprint density at radius 2 is 1.60 bits per heavy atom. The Bertz CT molecular complexity index is 1280. The second-order valence-electron chi connectivity index (χ2n) is 7.41. The number of nitrogens with zero attached hydrogens (tertiary/aromatic N) is 2. The molecule has 0 unspecified atom stereocenters. The van der Waals surface area contributed by atoms with Gasteiger partial charge in [0.15, 0.2) is 0 Å². The van der Waals surface area contributed by atoms with Gasteiger partial charge in [-0.1, -0.05) is 60.1 Å². The van der Waals surface area contributed by atoms with Gasteiger partial charge in [0.2, 0.25) is 10.0 Å². The average Bonchev–Trinajstić information content (AvgIpc) is 2.82. The number of carbonyl (C=O) groups is 1. The zero-order valence-electron chi connectivity index (χ0n) is 18.2. The first-order chi connectivity index (χ1) is 16.6. The topological polar surface area (TPSA) is 78.8 Å². The number of nitrogens with one attached hydrogen (secondary N) is 1. The number of hydrogen-bond donors (Lipinski definition) is 1. The minimum Gasteiger partial charge on any atom is -0.272 e.